The summed E-state index contributed by atoms with van der Waals surface area (Å²) in [4.78, 5) is 0. The van der Waals surface area contributed by atoms with Crippen molar-refractivity contribution in [3.8, 4) is 11.5 Å². The molecule has 3 nitrogen and oxygen atoms in total. The Morgan fingerprint density at radius 1 is 1.22 bits per heavy atom. The van der Waals surface area contributed by atoms with Gasteiger partial charge in [0.05, 0.1) is 13.2 Å². The Balaban J connectivity index is 2.39. The van der Waals surface area contributed by atoms with E-state index in [0.29, 0.717) is 5.92 Å². The maximum atomic E-state index is 5.91. The molecule has 0 aliphatic carbocycles. The molecule has 0 bridgehead atoms. The fourth-order valence-corrected chi connectivity index (χ4v) is 2.44. The molecule has 2 rings (SSSR count). The fourth-order valence-electron chi connectivity index (χ4n) is 2.44. The lowest BCUT2D eigenvalue weighted by molar-refractivity contribution is 0.295. The third-order valence-electron chi connectivity index (χ3n) is 3.27. The summed E-state index contributed by atoms with van der Waals surface area (Å²) in [6, 6.07) is 4.21. The predicted molar refractivity (Wildman–Crippen MR) is 73.5 cm³/mol. The molecule has 0 amide bonds. The Kier molecular flexibility index (Phi) is 4.48. The van der Waals surface area contributed by atoms with Gasteiger partial charge in [-0.05, 0) is 36.9 Å². The molecule has 2 N–H and O–H groups in total. The van der Waals surface area contributed by atoms with Crippen LogP contribution < -0.4 is 15.2 Å². The molecule has 100 valence electrons. The Labute approximate surface area is 109 Å². The van der Waals surface area contributed by atoms with Crippen LogP contribution in [-0.2, 0) is 6.42 Å². The van der Waals surface area contributed by atoms with Gasteiger partial charge in [0.2, 0.25) is 0 Å². The molecular weight excluding hydrogens is 226 g/mol. The highest BCUT2D eigenvalue weighted by Crippen LogP contribution is 2.39. The normalized spacial score (nSPS) is 14.7. The Morgan fingerprint density at radius 2 is 2.00 bits per heavy atom. The van der Waals surface area contributed by atoms with Gasteiger partial charge in [-0.1, -0.05) is 19.9 Å². The van der Waals surface area contributed by atoms with Gasteiger partial charge in [0.15, 0.2) is 11.5 Å². The summed E-state index contributed by atoms with van der Waals surface area (Å²) in [6.45, 7) is 6.62. The van der Waals surface area contributed by atoms with E-state index in [1.807, 2.05) is 6.07 Å². The predicted octanol–water partition coefficient (Wildman–Crippen LogP) is 2.86. The van der Waals surface area contributed by atoms with Crippen molar-refractivity contribution in [3.05, 3.63) is 23.3 Å². The maximum Gasteiger partial charge on any atom is 0.164 e. The largest absolute Gasteiger partial charge is 0.490 e. The first-order valence-corrected chi connectivity index (χ1v) is 6.85. The average molecular weight is 249 g/mol. The lowest BCUT2D eigenvalue weighted by Crippen LogP contribution is -2.06. The van der Waals surface area contributed by atoms with Crippen LogP contribution in [0.4, 0.5) is 0 Å². The van der Waals surface area contributed by atoms with Crippen LogP contribution in [0.15, 0.2) is 12.1 Å². The van der Waals surface area contributed by atoms with Crippen LogP contribution in [0.1, 0.15) is 43.7 Å². The smallest absolute Gasteiger partial charge is 0.164 e. The summed E-state index contributed by atoms with van der Waals surface area (Å²) in [6.07, 6.45) is 2.98. The first kappa shape index (κ1) is 13.2. The van der Waals surface area contributed by atoms with Crippen LogP contribution >= 0.6 is 0 Å². The molecule has 0 fully saturated rings. The quantitative estimate of drug-likeness (QED) is 0.892. The summed E-state index contributed by atoms with van der Waals surface area (Å²) in [7, 11) is 0. The van der Waals surface area contributed by atoms with Gasteiger partial charge in [-0.3, -0.25) is 0 Å². The topological polar surface area (TPSA) is 44.5 Å². The molecule has 3 heteroatoms. The van der Waals surface area contributed by atoms with Gasteiger partial charge in [-0.2, -0.15) is 0 Å². The molecule has 0 atom stereocenters. The van der Waals surface area contributed by atoms with E-state index in [1.165, 1.54) is 11.1 Å². The third kappa shape index (κ3) is 2.78. The van der Waals surface area contributed by atoms with Crippen molar-refractivity contribution < 1.29 is 9.47 Å². The number of benzene rings is 1. The summed E-state index contributed by atoms with van der Waals surface area (Å²) >= 11 is 0. The zero-order valence-corrected chi connectivity index (χ0v) is 11.4. The number of nitrogens with two attached hydrogens (primary N) is 1. The molecule has 1 aromatic carbocycles. The molecule has 0 saturated carbocycles. The number of fused-ring (bicyclic) bond motifs is 1. The van der Waals surface area contributed by atoms with Gasteiger partial charge in [-0.15, -0.1) is 0 Å². The number of rotatable bonds is 4. The molecule has 0 radical (unpaired) electrons. The number of hydrogen-bond donors (Lipinski definition) is 1. The number of aryl methyl sites for hydroxylation is 1. The van der Waals surface area contributed by atoms with Crippen LogP contribution in [0, 0.1) is 0 Å². The van der Waals surface area contributed by atoms with Crippen molar-refractivity contribution >= 4 is 0 Å². The summed E-state index contributed by atoms with van der Waals surface area (Å²) < 4.78 is 11.7. The Morgan fingerprint density at radius 3 is 2.72 bits per heavy atom. The molecule has 1 aliphatic heterocycles. The van der Waals surface area contributed by atoms with E-state index in [-0.39, 0.29) is 0 Å². The van der Waals surface area contributed by atoms with Gasteiger partial charge in [-0.25, -0.2) is 0 Å². The second kappa shape index (κ2) is 6.10. The van der Waals surface area contributed by atoms with Crippen molar-refractivity contribution in [2.75, 3.05) is 19.8 Å². The van der Waals surface area contributed by atoms with Gasteiger partial charge >= 0.3 is 0 Å². The molecule has 1 aliphatic rings. The summed E-state index contributed by atoms with van der Waals surface area (Å²) in [5.74, 6) is 2.29. The Hall–Kier alpha value is -1.22. The second-order valence-corrected chi connectivity index (χ2v) is 5.06. The zero-order valence-electron chi connectivity index (χ0n) is 11.4. The van der Waals surface area contributed by atoms with Gasteiger partial charge < -0.3 is 15.2 Å². The van der Waals surface area contributed by atoms with E-state index >= 15 is 0 Å². The summed E-state index contributed by atoms with van der Waals surface area (Å²) in [5, 5.41) is 0. The lowest BCUT2D eigenvalue weighted by Gasteiger charge is -2.19. The molecule has 0 aromatic heterocycles. The van der Waals surface area contributed by atoms with Crippen molar-refractivity contribution in [2.45, 2.75) is 39.0 Å². The molecule has 1 heterocycles. The minimum Gasteiger partial charge on any atom is -0.490 e. The molecule has 18 heavy (non-hydrogen) atoms. The van der Waals surface area contributed by atoms with Crippen molar-refractivity contribution in [1.29, 1.82) is 0 Å². The first-order valence-electron chi connectivity index (χ1n) is 6.85. The second-order valence-electron chi connectivity index (χ2n) is 5.06. The van der Waals surface area contributed by atoms with Gasteiger partial charge in [0.1, 0.15) is 0 Å². The zero-order chi connectivity index (χ0) is 13.0. The minimum atomic E-state index is 0.439. The third-order valence-corrected chi connectivity index (χ3v) is 3.27. The molecule has 1 aromatic rings. The highest BCUT2D eigenvalue weighted by Gasteiger charge is 2.20. The van der Waals surface area contributed by atoms with Crippen LogP contribution in [-0.4, -0.2) is 19.8 Å². The Bertz CT molecular complexity index is 402. The average Bonchev–Trinajstić information content (AvgIpc) is 2.60. The molecular formula is C15H23NO2. The maximum absolute atomic E-state index is 5.91. The lowest BCUT2D eigenvalue weighted by atomic mass is 9.93. The van der Waals surface area contributed by atoms with E-state index in [0.717, 1.165) is 50.5 Å². The highest BCUT2D eigenvalue weighted by molar-refractivity contribution is 5.52. The monoisotopic (exact) mass is 249 g/mol. The van der Waals surface area contributed by atoms with Gasteiger partial charge in [0.25, 0.3) is 0 Å². The van der Waals surface area contributed by atoms with E-state index in [4.69, 9.17) is 15.2 Å². The van der Waals surface area contributed by atoms with Crippen molar-refractivity contribution in [2.24, 2.45) is 5.73 Å². The van der Waals surface area contributed by atoms with Crippen molar-refractivity contribution in [1.82, 2.24) is 0 Å². The van der Waals surface area contributed by atoms with E-state index in [2.05, 4.69) is 19.9 Å². The molecule has 0 unspecified atom stereocenters. The number of ether oxygens (including phenoxy) is 2. The van der Waals surface area contributed by atoms with Crippen molar-refractivity contribution in [3.63, 3.8) is 0 Å². The summed E-state index contributed by atoms with van der Waals surface area (Å²) in [5.41, 5.74) is 8.25. The SMILES string of the molecule is CC(C)c1c(CCCN)ccc2c1OCCCO2. The number of hydrogen-bond acceptors (Lipinski definition) is 3. The van der Waals surface area contributed by atoms with Crippen LogP contribution in [0.5, 0.6) is 11.5 Å². The standard InChI is InChI=1S/C15H23NO2/c1-11(2)14-12(5-3-8-16)6-7-13-15(14)18-10-4-9-17-13/h6-7,11H,3-5,8-10,16H2,1-2H3. The molecule has 0 spiro atoms. The van der Waals surface area contributed by atoms with Gasteiger partial charge in [0, 0.05) is 12.0 Å². The first-order chi connectivity index (χ1) is 8.74. The van der Waals surface area contributed by atoms with E-state index in [9.17, 15) is 0 Å². The fraction of sp³-hybridized carbons (Fsp3) is 0.600. The minimum absolute atomic E-state index is 0.439. The van der Waals surface area contributed by atoms with Crippen LogP contribution in [0.3, 0.4) is 0 Å². The van der Waals surface area contributed by atoms with Crippen LogP contribution in [0.25, 0.3) is 0 Å². The highest BCUT2D eigenvalue weighted by atomic mass is 16.5. The van der Waals surface area contributed by atoms with Crippen LogP contribution in [0.2, 0.25) is 0 Å². The van der Waals surface area contributed by atoms with E-state index < -0.39 is 0 Å². The van der Waals surface area contributed by atoms with E-state index in [1.54, 1.807) is 0 Å². The molecule has 0 saturated heterocycles.